The third-order valence-corrected chi connectivity index (χ3v) is 3.24. The van der Waals surface area contributed by atoms with Crippen LogP contribution in [0.2, 0.25) is 0 Å². The van der Waals surface area contributed by atoms with Crippen molar-refractivity contribution in [3.05, 3.63) is 0 Å². The molecule has 1 amide bonds. The second-order valence-corrected chi connectivity index (χ2v) is 6.22. The highest BCUT2D eigenvalue weighted by Crippen LogP contribution is 2.09. The lowest BCUT2D eigenvalue weighted by Crippen LogP contribution is -2.54. The maximum absolute atomic E-state index is 11.8. The standard InChI is InChI=1S/C15H33N3O2/c1-7-9-10-18(8-2)13(11-16)12(3)17-14(19)20-15(4,5)6/h12-13H,7-11,16H2,1-6H3,(H,17,19). The number of nitrogens with one attached hydrogen (secondary N) is 1. The fraction of sp³-hybridized carbons (Fsp3) is 0.933. The van der Waals surface area contributed by atoms with E-state index in [-0.39, 0.29) is 18.2 Å². The first-order valence-corrected chi connectivity index (χ1v) is 7.68. The Kier molecular flexibility index (Phi) is 8.81. The van der Waals surface area contributed by atoms with Crippen LogP contribution in [0.1, 0.15) is 54.4 Å². The highest BCUT2D eigenvalue weighted by molar-refractivity contribution is 5.68. The first kappa shape index (κ1) is 19.2. The van der Waals surface area contributed by atoms with Crippen LogP contribution in [0.3, 0.4) is 0 Å². The van der Waals surface area contributed by atoms with Gasteiger partial charge in [0.2, 0.25) is 0 Å². The van der Waals surface area contributed by atoms with Gasteiger partial charge in [0.25, 0.3) is 0 Å². The van der Waals surface area contributed by atoms with Gasteiger partial charge in [-0.3, -0.25) is 4.90 Å². The van der Waals surface area contributed by atoms with Gasteiger partial charge in [-0.15, -0.1) is 0 Å². The summed E-state index contributed by atoms with van der Waals surface area (Å²) in [4.78, 5) is 14.1. The number of rotatable bonds is 8. The van der Waals surface area contributed by atoms with Crippen molar-refractivity contribution in [3.8, 4) is 0 Å². The first-order chi connectivity index (χ1) is 9.25. The van der Waals surface area contributed by atoms with Crippen LogP contribution in [0.25, 0.3) is 0 Å². The number of likely N-dealkylation sites (N-methyl/N-ethyl adjacent to an activating group) is 1. The van der Waals surface area contributed by atoms with Crippen LogP contribution in [-0.4, -0.2) is 48.3 Å². The van der Waals surface area contributed by atoms with E-state index < -0.39 is 5.60 Å². The molecule has 3 N–H and O–H groups in total. The Morgan fingerprint density at radius 2 is 1.95 bits per heavy atom. The predicted molar refractivity (Wildman–Crippen MR) is 83.8 cm³/mol. The number of amides is 1. The average molecular weight is 287 g/mol. The first-order valence-electron chi connectivity index (χ1n) is 7.68. The third kappa shape index (κ3) is 7.70. The Hall–Kier alpha value is -0.810. The zero-order valence-corrected chi connectivity index (χ0v) is 14.0. The lowest BCUT2D eigenvalue weighted by molar-refractivity contribution is 0.0471. The minimum absolute atomic E-state index is 0.0355. The van der Waals surface area contributed by atoms with E-state index in [1.165, 1.54) is 0 Å². The molecule has 0 aromatic rings. The third-order valence-electron chi connectivity index (χ3n) is 3.24. The van der Waals surface area contributed by atoms with E-state index in [0.29, 0.717) is 6.54 Å². The number of unbranched alkanes of at least 4 members (excludes halogenated alkanes) is 1. The van der Waals surface area contributed by atoms with Gasteiger partial charge < -0.3 is 15.8 Å². The quantitative estimate of drug-likeness (QED) is 0.719. The van der Waals surface area contributed by atoms with E-state index in [1.54, 1.807) is 0 Å². The van der Waals surface area contributed by atoms with Crippen LogP contribution < -0.4 is 11.1 Å². The van der Waals surface area contributed by atoms with E-state index in [4.69, 9.17) is 10.5 Å². The SMILES string of the molecule is CCCCN(CC)C(CN)C(C)NC(=O)OC(C)(C)C. The van der Waals surface area contributed by atoms with Crippen molar-refractivity contribution in [1.82, 2.24) is 10.2 Å². The van der Waals surface area contributed by atoms with Gasteiger partial charge in [0, 0.05) is 18.6 Å². The maximum atomic E-state index is 11.8. The molecule has 0 heterocycles. The van der Waals surface area contributed by atoms with Crippen molar-refractivity contribution in [2.45, 2.75) is 72.1 Å². The van der Waals surface area contributed by atoms with Crippen molar-refractivity contribution in [2.75, 3.05) is 19.6 Å². The van der Waals surface area contributed by atoms with Crippen LogP contribution in [0.5, 0.6) is 0 Å². The Balaban J connectivity index is 4.51. The van der Waals surface area contributed by atoms with Crippen LogP contribution in [0.4, 0.5) is 4.79 Å². The number of hydrogen-bond acceptors (Lipinski definition) is 4. The van der Waals surface area contributed by atoms with Gasteiger partial charge in [-0.25, -0.2) is 4.79 Å². The monoisotopic (exact) mass is 287 g/mol. The van der Waals surface area contributed by atoms with Gasteiger partial charge in [0.15, 0.2) is 0 Å². The largest absolute Gasteiger partial charge is 0.444 e. The van der Waals surface area contributed by atoms with Crippen LogP contribution in [-0.2, 0) is 4.74 Å². The Morgan fingerprint density at radius 1 is 1.35 bits per heavy atom. The molecule has 0 rings (SSSR count). The number of nitrogens with zero attached hydrogens (tertiary/aromatic N) is 1. The molecule has 0 aliphatic carbocycles. The van der Waals surface area contributed by atoms with Crippen LogP contribution in [0.15, 0.2) is 0 Å². The summed E-state index contributed by atoms with van der Waals surface area (Å²) >= 11 is 0. The molecule has 120 valence electrons. The smallest absolute Gasteiger partial charge is 0.407 e. The number of carbonyl (C=O) groups is 1. The molecular formula is C15H33N3O2. The molecule has 0 bridgehead atoms. The second-order valence-electron chi connectivity index (χ2n) is 6.22. The molecule has 0 saturated carbocycles. The van der Waals surface area contributed by atoms with Gasteiger partial charge >= 0.3 is 6.09 Å². The molecule has 20 heavy (non-hydrogen) atoms. The summed E-state index contributed by atoms with van der Waals surface area (Å²) in [6.45, 7) is 14.3. The minimum Gasteiger partial charge on any atom is -0.444 e. The van der Waals surface area contributed by atoms with E-state index in [1.807, 2.05) is 27.7 Å². The molecule has 0 saturated heterocycles. The summed E-state index contributed by atoms with van der Waals surface area (Å²) in [5.41, 5.74) is 5.41. The highest BCUT2D eigenvalue weighted by Gasteiger charge is 2.25. The van der Waals surface area contributed by atoms with E-state index in [0.717, 1.165) is 25.9 Å². The molecule has 0 radical (unpaired) electrons. The Morgan fingerprint density at radius 3 is 2.35 bits per heavy atom. The number of carbonyl (C=O) groups excluding carboxylic acids is 1. The summed E-state index contributed by atoms with van der Waals surface area (Å²) in [5.74, 6) is 0. The van der Waals surface area contributed by atoms with Crippen LogP contribution in [0, 0.1) is 0 Å². The van der Waals surface area contributed by atoms with E-state index in [2.05, 4.69) is 24.1 Å². The molecule has 0 aromatic heterocycles. The highest BCUT2D eigenvalue weighted by atomic mass is 16.6. The van der Waals surface area contributed by atoms with Gasteiger partial charge in [0.05, 0.1) is 0 Å². The molecule has 0 fully saturated rings. The molecule has 5 heteroatoms. The van der Waals surface area contributed by atoms with Gasteiger partial charge in [-0.1, -0.05) is 20.3 Å². The summed E-state index contributed by atoms with van der Waals surface area (Å²) in [7, 11) is 0. The normalized spacial score (nSPS) is 15.0. The van der Waals surface area contributed by atoms with E-state index in [9.17, 15) is 4.79 Å². The minimum atomic E-state index is -0.478. The van der Waals surface area contributed by atoms with Crippen molar-refractivity contribution >= 4 is 6.09 Å². The molecule has 0 aromatic carbocycles. The number of ether oxygens (including phenoxy) is 1. The molecular weight excluding hydrogens is 254 g/mol. The van der Waals surface area contributed by atoms with Gasteiger partial charge in [-0.2, -0.15) is 0 Å². The molecule has 2 unspecified atom stereocenters. The Bertz CT molecular complexity index is 277. The van der Waals surface area contributed by atoms with Gasteiger partial charge in [-0.05, 0) is 47.2 Å². The molecule has 0 aliphatic heterocycles. The summed E-state index contributed by atoms with van der Waals surface area (Å²) in [5, 5.41) is 2.90. The predicted octanol–water partition coefficient (Wildman–Crippen LogP) is 2.35. The van der Waals surface area contributed by atoms with Crippen molar-refractivity contribution in [1.29, 1.82) is 0 Å². The Labute approximate surface area is 124 Å². The number of hydrogen-bond donors (Lipinski definition) is 2. The number of nitrogens with two attached hydrogens (primary N) is 1. The van der Waals surface area contributed by atoms with Crippen LogP contribution >= 0.6 is 0 Å². The molecule has 0 aliphatic rings. The summed E-state index contributed by atoms with van der Waals surface area (Å²) in [6, 6.07) is 0.103. The number of alkyl carbamates (subject to hydrolysis) is 1. The second kappa shape index (κ2) is 9.19. The summed E-state index contributed by atoms with van der Waals surface area (Å²) < 4.78 is 5.29. The van der Waals surface area contributed by atoms with Crippen molar-refractivity contribution in [2.24, 2.45) is 5.73 Å². The topological polar surface area (TPSA) is 67.6 Å². The zero-order valence-electron chi connectivity index (χ0n) is 14.0. The average Bonchev–Trinajstić information content (AvgIpc) is 2.31. The van der Waals surface area contributed by atoms with Crippen molar-refractivity contribution in [3.63, 3.8) is 0 Å². The summed E-state index contributed by atoms with van der Waals surface area (Å²) in [6.07, 6.45) is 1.92. The lowest BCUT2D eigenvalue weighted by Gasteiger charge is -2.34. The fourth-order valence-corrected chi connectivity index (χ4v) is 2.18. The van der Waals surface area contributed by atoms with E-state index >= 15 is 0 Å². The lowest BCUT2D eigenvalue weighted by atomic mass is 10.1. The van der Waals surface area contributed by atoms with Crippen molar-refractivity contribution < 1.29 is 9.53 Å². The maximum Gasteiger partial charge on any atom is 0.407 e. The zero-order chi connectivity index (χ0) is 15.8. The molecule has 2 atom stereocenters. The fourth-order valence-electron chi connectivity index (χ4n) is 2.18. The molecule has 0 spiro atoms. The molecule has 5 nitrogen and oxygen atoms in total. The van der Waals surface area contributed by atoms with Gasteiger partial charge in [0.1, 0.15) is 5.60 Å².